The van der Waals surface area contributed by atoms with Gasteiger partial charge in [0.2, 0.25) is 5.91 Å². The minimum absolute atomic E-state index is 0.139. The Morgan fingerprint density at radius 1 is 1.19 bits per heavy atom. The zero-order valence-corrected chi connectivity index (χ0v) is 11.9. The summed E-state index contributed by atoms with van der Waals surface area (Å²) >= 11 is 1.38. The molecule has 0 spiro atoms. The Bertz CT molecular complexity index is 657. The Balaban J connectivity index is 1.89. The van der Waals surface area contributed by atoms with Crippen molar-refractivity contribution in [3.8, 4) is 6.07 Å². The van der Waals surface area contributed by atoms with Crippen molar-refractivity contribution in [2.75, 3.05) is 5.32 Å². The number of hydrogen-bond acceptors (Lipinski definition) is 4. The second kappa shape index (κ2) is 7.22. The minimum Gasteiger partial charge on any atom is -0.351 e. The first-order valence-electron chi connectivity index (χ1n) is 6.26. The predicted molar refractivity (Wildman–Crippen MR) is 80.8 cm³/mol. The minimum atomic E-state index is -0.299. The van der Waals surface area contributed by atoms with Crippen molar-refractivity contribution >= 4 is 28.8 Å². The number of nitriles is 1. The predicted octanol–water partition coefficient (Wildman–Crippen LogP) is 2.53. The molecule has 0 saturated carbocycles. The fourth-order valence-electron chi connectivity index (χ4n) is 1.64. The summed E-state index contributed by atoms with van der Waals surface area (Å²) in [5, 5.41) is 15.7. The van der Waals surface area contributed by atoms with Gasteiger partial charge in [0.15, 0.2) is 0 Å². The topological polar surface area (TPSA) is 82.0 Å². The van der Waals surface area contributed by atoms with E-state index in [2.05, 4.69) is 10.6 Å². The van der Waals surface area contributed by atoms with E-state index in [1.807, 2.05) is 23.6 Å². The summed E-state index contributed by atoms with van der Waals surface area (Å²) in [6.07, 6.45) is -0.144. The van der Waals surface area contributed by atoms with Crippen molar-refractivity contribution < 1.29 is 9.59 Å². The molecule has 1 heterocycles. The van der Waals surface area contributed by atoms with Gasteiger partial charge in [-0.3, -0.25) is 9.59 Å². The molecule has 2 N–H and O–H groups in total. The lowest BCUT2D eigenvalue weighted by atomic mass is 10.2. The second-order valence-corrected chi connectivity index (χ2v) is 5.19. The summed E-state index contributed by atoms with van der Waals surface area (Å²) in [5.74, 6) is -0.437. The monoisotopic (exact) mass is 299 g/mol. The highest BCUT2D eigenvalue weighted by Crippen LogP contribution is 2.14. The van der Waals surface area contributed by atoms with Gasteiger partial charge in [-0.1, -0.05) is 18.2 Å². The van der Waals surface area contributed by atoms with Gasteiger partial charge in [0.05, 0.1) is 10.9 Å². The summed E-state index contributed by atoms with van der Waals surface area (Å²) in [7, 11) is 0. The Hall–Kier alpha value is -2.65. The number of rotatable bonds is 5. The first-order valence-corrected chi connectivity index (χ1v) is 7.14. The van der Waals surface area contributed by atoms with Crippen LogP contribution in [-0.2, 0) is 11.3 Å². The van der Waals surface area contributed by atoms with Gasteiger partial charge in [-0.25, -0.2) is 0 Å². The first kappa shape index (κ1) is 14.8. The van der Waals surface area contributed by atoms with Crippen molar-refractivity contribution in [1.29, 1.82) is 5.26 Å². The summed E-state index contributed by atoms with van der Waals surface area (Å²) in [4.78, 5) is 23.7. The quantitative estimate of drug-likeness (QED) is 0.890. The third-order valence-corrected chi connectivity index (χ3v) is 3.55. The van der Waals surface area contributed by atoms with E-state index in [4.69, 9.17) is 5.26 Å². The number of nitrogens with zero attached hydrogens (tertiary/aromatic N) is 1. The first-order chi connectivity index (χ1) is 10.2. The zero-order chi connectivity index (χ0) is 15.1. The highest BCUT2D eigenvalue weighted by atomic mass is 32.1. The molecular weight excluding hydrogens is 286 g/mol. The van der Waals surface area contributed by atoms with Gasteiger partial charge < -0.3 is 10.6 Å². The van der Waals surface area contributed by atoms with Crippen molar-refractivity contribution in [2.45, 2.75) is 13.0 Å². The number of benzene rings is 1. The van der Waals surface area contributed by atoms with Crippen molar-refractivity contribution in [1.82, 2.24) is 5.32 Å². The summed E-state index contributed by atoms with van der Waals surface area (Å²) in [5.41, 5.74) is 1.59. The maximum absolute atomic E-state index is 11.9. The Labute approximate surface area is 126 Å². The molecule has 0 unspecified atom stereocenters. The number of carbonyl (C=O) groups excluding carboxylic acids is 2. The van der Waals surface area contributed by atoms with Crippen molar-refractivity contribution in [3.05, 3.63) is 52.2 Å². The van der Waals surface area contributed by atoms with Crippen LogP contribution >= 0.6 is 11.3 Å². The van der Waals surface area contributed by atoms with E-state index in [1.54, 1.807) is 24.3 Å². The molecule has 0 aliphatic heterocycles. The average molecular weight is 299 g/mol. The van der Waals surface area contributed by atoms with Gasteiger partial charge in [-0.2, -0.15) is 5.26 Å². The summed E-state index contributed by atoms with van der Waals surface area (Å²) in [6.45, 7) is 0.361. The molecule has 0 aliphatic rings. The molecule has 0 atom stereocenters. The molecule has 0 bridgehead atoms. The molecule has 0 aliphatic carbocycles. The Kier molecular flexibility index (Phi) is 5.07. The second-order valence-electron chi connectivity index (χ2n) is 4.24. The van der Waals surface area contributed by atoms with E-state index in [0.29, 0.717) is 17.1 Å². The Morgan fingerprint density at radius 3 is 2.57 bits per heavy atom. The fraction of sp³-hybridized carbons (Fsp3) is 0.133. The largest absolute Gasteiger partial charge is 0.351 e. The molecule has 0 fully saturated rings. The summed E-state index contributed by atoms with van der Waals surface area (Å²) < 4.78 is 0. The maximum atomic E-state index is 11.9. The number of nitrogens with one attached hydrogen (secondary N) is 2. The molecule has 2 aromatic rings. The van der Waals surface area contributed by atoms with E-state index in [1.165, 1.54) is 11.3 Å². The normalized spacial score (nSPS) is 9.67. The van der Waals surface area contributed by atoms with Crippen LogP contribution in [0, 0.1) is 11.3 Å². The molecule has 0 radical (unpaired) electrons. The van der Waals surface area contributed by atoms with Crippen molar-refractivity contribution in [3.63, 3.8) is 0 Å². The lowest BCUT2D eigenvalue weighted by molar-refractivity contribution is -0.120. The number of anilines is 1. The number of amides is 2. The smallest absolute Gasteiger partial charge is 0.265 e. The summed E-state index contributed by atoms with van der Waals surface area (Å²) in [6, 6.07) is 12.6. The molecular formula is C15H13N3O2S. The SMILES string of the molecule is N#CCC(=O)NCc1ccc(NC(=O)c2cccs2)cc1. The molecule has 106 valence electrons. The van der Waals surface area contributed by atoms with E-state index in [9.17, 15) is 9.59 Å². The van der Waals surface area contributed by atoms with Crippen molar-refractivity contribution in [2.24, 2.45) is 0 Å². The molecule has 0 saturated heterocycles. The molecule has 1 aromatic heterocycles. The van der Waals surface area contributed by atoms with Crippen LogP contribution in [0.25, 0.3) is 0 Å². The molecule has 5 nitrogen and oxygen atoms in total. The molecule has 1 aromatic carbocycles. The third kappa shape index (κ3) is 4.44. The fourth-order valence-corrected chi connectivity index (χ4v) is 2.26. The van der Waals surface area contributed by atoms with Gasteiger partial charge in [-0.05, 0) is 29.1 Å². The van der Waals surface area contributed by atoms with E-state index >= 15 is 0 Å². The molecule has 6 heteroatoms. The van der Waals surface area contributed by atoms with Crippen LogP contribution in [0.3, 0.4) is 0 Å². The van der Waals surface area contributed by atoms with Crippen LogP contribution in [0.15, 0.2) is 41.8 Å². The van der Waals surface area contributed by atoms with Gasteiger partial charge >= 0.3 is 0 Å². The standard InChI is InChI=1S/C15H13N3O2S/c16-8-7-14(19)17-10-11-3-5-12(6-4-11)18-15(20)13-2-1-9-21-13/h1-6,9H,7,10H2,(H,17,19)(H,18,20). The van der Waals surface area contributed by atoms with Crippen LogP contribution < -0.4 is 10.6 Å². The van der Waals surface area contributed by atoms with Crippen LogP contribution in [-0.4, -0.2) is 11.8 Å². The van der Waals surface area contributed by atoms with Gasteiger partial charge in [-0.15, -0.1) is 11.3 Å². The van der Waals surface area contributed by atoms with Crippen LogP contribution in [0.5, 0.6) is 0 Å². The zero-order valence-electron chi connectivity index (χ0n) is 11.1. The number of carbonyl (C=O) groups is 2. The lowest BCUT2D eigenvalue weighted by Crippen LogP contribution is -2.21. The van der Waals surface area contributed by atoms with Crippen LogP contribution in [0.2, 0.25) is 0 Å². The van der Waals surface area contributed by atoms with Gasteiger partial charge in [0, 0.05) is 12.2 Å². The molecule has 21 heavy (non-hydrogen) atoms. The lowest BCUT2D eigenvalue weighted by Gasteiger charge is -2.06. The van der Waals surface area contributed by atoms with E-state index in [-0.39, 0.29) is 18.2 Å². The van der Waals surface area contributed by atoms with E-state index in [0.717, 1.165) is 5.56 Å². The van der Waals surface area contributed by atoms with Gasteiger partial charge in [0.1, 0.15) is 6.42 Å². The number of hydrogen-bond donors (Lipinski definition) is 2. The van der Waals surface area contributed by atoms with Crippen LogP contribution in [0.4, 0.5) is 5.69 Å². The third-order valence-electron chi connectivity index (χ3n) is 2.69. The molecule has 2 amide bonds. The van der Waals surface area contributed by atoms with Crippen LogP contribution in [0.1, 0.15) is 21.7 Å². The average Bonchev–Trinajstić information content (AvgIpc) is 3.01. The Morgan fingerprint density at radius 2 is 1.95 bits per heavy atom. The maximum Gasteiger partial charge on any atom is 0.265 e. The highest BCUT2D eigenvalue weighted by molar-refractivity contribution is 7.12. The number of thiophene rings is 1. The van der Waals surface area contributed by atoms with E-state index < -0.39 is 0 Å². The van der Waals surface area contributed by atoms with Gasteiger partial charge in [0.25, 0.3) is 5.91 Å². The highest BCUT2D eigenvalue weighted by Gasteiger charge is 2.06. The molecule has 2 rings (SSSR count).